The highest BCUT2D eigenvalue weighted by Gasteiger charge is 2.47. The fourth-order valence-electron chi connectivity index (χ4n) is 4.13. The van der Waals surface area contributed by atoms with E-state index in [1.165, 1.54) is 6.07 Å². The monoisotopic (exact) mass is 478 g/mol. The minimum Gasteiger partial charge on any atom is -0.490 e. The molecule has 0 bridgehead atoms. The zero-order chi connectivity index (χ0) is 23.5. The summed E-state index contributed by atoms with van der Waals surface area (Å²) in [5, 5.41) is 2.35. The van der Waals surface area contributed by atoms with Gasteiger partial charge in [0, 0.05) is 12.3 Å². The lowest BCUT2D eigenvalue weighted by atomic mass is 9.93. The van der Waals surface area contributed by atoms with E-state index in [2.05, 4.69) is 10.0 Å². The number of unbranched alkanes of at least 4 members (excludes halogenated alkanes) is 1. The van der Waals surface area contributed by atoms with Gasteiger partial charge in [-0.15, -0.1) is 0 Å². The number of nitrogens with one attached hydrogen (secondary N) is 2. The van der Waals surface area contributed by atoms with Crippen molar-refractivity contribution in [3.05, 3.63) is 41.7 Å². The van der Waals surface area contributed by atoms with Gasteiger partial charge in [-0.05, 0) is 75.0 Å². The summed E-state index contributed by atoms with van der Waals surface area (Å²) in [5.41, 5.74) is 0.0376. The van der Waals surface area contributed by atoms with Crippen LogP contribution in [-0.2, 0) is 25.2 Å². The molecule has 9 heteroatoms. The molecule has 3 fully saturated rings. The topological polar surface area (TPSA) is 102 Å². The Balaban J connectivity index is 1.24. The van der Waals surface area contributed by atoms with Gasteiger partial charge in [0.25, 0.3) is 0 Å². The third-order valence-corrected chi connectivity index (χ3v) is 7.85. The van der Waals surface area contributed by atoms with E-state index in [4.69, 9.17) is 4.74 Å². The third-order valence-electron chi connectivity index (χ3n) is 6.52. The van der Waals surface area contributed by atoms with Gasteiger partial charge in [-0.1, -0.05) is 18.2 Å². The molecule has 180 valence electrons. The maximum absolute atomic E-state index is 14.1. The molecule has 1 unspecified atom stereocenters. The Labute approximate surface area is 194 Å². The van der Waals surface area contributed by atoms with E-state index < -0.39 is 21.4 Å². The number of hydrogen-bond donors (Lipinski definition) is 2. The van der Waals surface area contributed by atoms with E-state index in [0.29, 0.717) is 51.0 Å². The molecule has 1 saturated heterocycles. The quantitative estimate of drug-likeness (QED) is 0.273. The lowest BCUT2D eigenvalue weighted by molar-refractivity contribution is -0.136. The molecule has 3 aliphatic rings. The van der Waals surface area contributed by atoms with Crippen molar-refractivity contribution >= 4 is 21.8 Å². The average molecular weight is 479 g/mol. The summed E-state index contributed by atoms with van der Waals surface area (Å²) in [6.07, 6.45) is 10.0. The van der Waals surface area contributed by atoms with Crippen LogP contribution >= 0.6 is 0 Å². The second kappa shape index (κ2) is 9.93. The summed E-state index contributed by atoms with van der Waals surface area (Å²) < 4.78 is 47.8. The number of imide groups is 1. The van der Waals surface area contributed by atoms with E-state index in [9.17, 15) is 22.4 Å². The Morgan fingerprint density at radius 1 is 1.18 bits per heavy atom. The molecule has 1 aliphatic heterocycles. The molecule has 1 heterocycles. The van der Waals surface area contributed by atoms with Gasteiger partial charge in [-0.3, -0.25) is 14.9 Å². The van der Waals surface area contributed by atoms with Gasteiger partial charge in [0.1, 0.15) is 0 Å². The number of allylic oxidation sites excluding steroid dienone is 1. The Morgan fingerprint density at radius 2 is 1.97 bits per heavy atom. The molecule has 0 radical (unpaired) electrons. The first-order chi connectivity index (χ1) is 15.8. The standard InChI is InChI=1S/C24H31FN2O5S/c25-20-10-9-19(15-21(20)32-16-17-6-7-17)24(12-13-24)27-33(30,31)14-4-2-1-3-5-18-8-11-22(28)26-23(18)29/h2,4,9-10,15,17-18,27H,1,3,5-8,11-14,16H2,(H,26,28,29)/b4-2+. The lowest BCUT2D eigenvalue weighted by Gasteiger charge is -2.20. The van der Waals surface area contributed by atoms with Crippen LogP contribution in [-0.4, -0.2) is 32.6 Å². The first-order valence-electron chi connectivity index (χ1n) is 11.7. The van der Waals surface area contributed by atoms with E-state index in [1.807, 2.05) is 6.08 Å². The van der Waals surface area contributed by atoms with Crippen LogP contribution in [0, 0.1) is 17.7 Å². The van der Waals surface area contributed by atoms with Crippen molar-refractivity contribution in [1.82, 2.24) is 10.0 Å². The van der Waals surface area contributed by atoms with Crippen LogP contribution in [0.2, 0.25) is 0 Å². The van der Waals surface area contributed by atoms with Crippen molar-refractivity contribution in [3.8, 4) is 5.75 Å². The normalized spacial score (nSPS) is 22.4. The predicted octanol–water partition coefficient (Wildman–Crippen LogP) is 3.30. The maximum Gasteiger partial charge on any atom is 0.229 e. The van der Waals surface area contributed by atoms with Crippen molar-refractivity contribution < 1.29 is 27.1 Å². The molecule has 1 aromatic rings. The van der Waals surface area contributed by atoms with E-state index in [0.717, 1.165) is 24.8 Å². The SMILES string of the molecule is O=C1CCC(CCC/C=C/CS(=O)(=O)NC2(c3ccc(F)c(OCC4CC4)c3)CC2)C(=O)N1. The van der Waals surface area contributed by atoms with Crippen molar-refractivity contribution in [3.63, 3.8) is 0 Å². The third kappa shape index (κ3) is 6.63. The lowest BCUT2D eigenvalue weighted by Crippen LogP contribution is -2.40. The summed E-state index contributed by atoms with van der Waals surface area (Å²) in [6.45, 7) is 0.493. The summed E-state index contributed by atoms with van der Waals surface area (Å²) in [6, 6.07) is 4.59. The maximum atomic E-state index is 14.1. The molecule has 0 spiro atoms. The minimum atomic E-state index is -3.56. The average Bonchev–Trinajstić information content (AvgIpc) is 3.68. The molecule has 1 atom stereocenters. The first kappa shape index (κ1) is 23.9. The second-order valence-corrected chi connectivity index (χ2v) is 11.2. The smallest absolute Gasteiger partial charge is 0.229 e. The van der Waals surface area contributed by atoms with Crippen LogP contribution in [0.3, 0.4) is 0 Å². The number of carbonyl (C=O) groups excluding carboxylic acids is 2. The van der Waals surface area contributed by atoms with Crippen molar-refractivity contribution in [2.45, 2.75) is 63.3 Å². The zero-order valence-electron chi connectivity index (χ0n) is 18.6. The van der Waals surface area contributed by atoms with Gasteiger partial charge in [0.05, 0.1) is 17.9 Å². The fourth-order valence-corrected chi connectivity index (χ4v) is 5.52. The number of hydrogen-bond acceptors (Lipinski definition) is 5. The molecule has 4 rings (SSSR count). The highest BCUT2D eigenvalue weighted by molar-refractivity contribution is 7.89. The Hall–Kier alpha value is -2.26. The minimum absolute atomic E-state index is 0.139. The second-order valence-electron chi connectivity index (χ2n) is 9.42. The summed E-state index contributed by atoms with van der Waals surface area (Å²) in [5.74, 6) is -0.468. The molecule has 2 amide bonds. The number of amides is 2. The molecular formula is C24H31FN2O5S. The van der Waals surface area contributed by atoms with Crippen LogP contribution in [0.1, 0.15) is 63.4 Å². The summed E-state index contributed by atoms with van der Waals surface area (Å²) >= 11 is 0. The number of rotatable bonds is 12. The van der Waals surface area contributed by atoms with Gasteiger partial charge in [0.15, 0.2) is 11.6 Å². The Bertz CT molecular complexity index is 1030. The molecule has 1 aromatic carbocycles. The largest absolute Gasteiger partial charge is 0.490 e. The van der Waals surface area contributed by atoms with E-state index in [1.54, 1.807) is 18.2 Å². The molecule has 7 nitrogen and oxygen atoms in total. The first-order valence-corrected chi connectivity index (χ1v) is 13.3. The molecule has 2 N–H and O–H groups in total. The Morgan fingerprint density at radius 3 is 2.67 bits per heavy atom. The van der Waals surface area contributed by atoms with E-state index in [-0.39, 0.29) is 29.2 Å². The molecule has 33 heavy (non-hydrogen) atoms. The van der Waals surface area contributed by atoms with Crippen LogP contribution in [0.25, 0.3) is 0 Å². The van der Waals surface area contributed by atoms with Crippen LogP contribution in [0.5, 0.6) is 5.75 Å². The van der Waals surface area contributed by atoms with Crippen LogP contribution in [0.15, 0.2) is 30.4 Å². The fraction of sp³-hybridized carbons (Fsp3) is 0.583. The van der Waals surface area contributed by atoms with Crippen LogP contribution in [0.4, 0.5) is 4.39 Å². The number of benzene rings is 1. The molecule has 2 aliphatic carbocycles. The number of sulfonamides is 1. The van der Waals surface area contributed by atoms with Gasteiger partial charge < -0.3 is 4.74 Å². The molecule has 2 saturated carbocycles. The van der Waals surface area contributed by atoms with Crippen molar-refractivity contribution in [2.24, 2.45) is 11.8 Å². The highest BCUT2D eigenvalue weighted by Crippen LogP contribution is 2.47. The summed E-state index contributed by atoms with van der Waals surface area (Å²) in [4.78, 5) is 22.9. The number of ether oxygens (including phenoxy) is 1. The number of piperidine rings is 1. The Kier molecular flexibility index (Phi) is 7.19. The van der Waals surface area contributed by atoms with Crippen molar-refractivity contribution in [1.29, 1.82) is 0 Å². The predicted molar refractivity (Wildman–Crippen MR) is 121 cm³/mol. The van der Waals surface area contributed by atoms with E-state index >= 15 is 0 Å². The highest BCUT2D eigenvalue weighted by atomic mass is 32.2. The van der Waals surface area contributed by atoms with Crippen LogP contribution < -0.4 is 14.8 Å². The zero-order valence-corrected chi connectivity index (χ0v) is 19.5. The molecular weight excluding hydrogens is 447 g/mol. The van der Waals surface area contributed by atoms with Gasteiger partial charge in [-0.2, -0.15) is 0 Å². The van der Waals surface area contributed by atoms with Gasteiger partial charge in [-0.25, -0.2) is 17.5 Å². The van der Waals surface area contributed by atoms with Gasteiger partial charge in [0.2, 0.25) is 21.8 Å². The number of halogens is 1. The molecule has 0 aromatic heterocycles. The number of carbonyl (C=O) groups is 2. The van der Waals surface area contributed by atoms with Gasteiger partial charge >= 0.3 is 0 Å². The van der Waals surface area contributed by atoms with Crippen molar-refractivity contribution in [2.75, 3.05) is 12.4 Å². The summed E-state index contributed by atoms with van der Waals surface area (Å²) in [7, 11) is -3.56.